The molecule has 0 bridgehead atoms. The number of hydrogen-bond donors (Lipinski definition) is 1. The van der Waals surface area contributed by atoms with Gasteiger partial charge in [-0.2, -0.15) is 0 Å². The van der Waals surface area contributed by atoms with Gasteiger partial charge in [0.1, 0.15) is 0 Å². The molecule has 2 fully saturated rings. The van der Waals surface area contributed by atoms with Crippen molar-refractivity contribution in [1.29, 1.82) is 0 Å². The number of benzene rings is 1. The molecule has 1 N–H and O–H groups in total. The second kappa shape index (κ2) is 8.94. The van der Waals surface area contributed by atoms with Crippen LogP contribution in [0.1, 0.15) is 90.2 Å². The summed E-state index contributed by atoms with van der Waals surface area (Å²) >= 11 is 0. The first-order valence-electron chi connectivity index (χ1n) is 12.3. The predicted octanol–water partition coefficient (Wildman–Crippen LogP) is 6.20. The molecular formula is C27H40N2O. The summed E-state index contributed by atoms with van der Waals surface area (Å²) in [6.07, 6.45) is 11.7. The summed E-state index contributed by atoms with van der Waals surface area (Å²) in [5, 5.41) is 3.44. The Bertz CT molecular complexity index is 800. The number of nitrogens with zero attached hydrogens (tertiary/aromatic N) is 1. The zero-order valence-corrected chi connectivity index (χ0v) is 19.5. The van der Waals surface area contributed by atoms with E-state index in [4.69, 9.17) is 4.99 Å². The molecule has 164 valence electrons. The first-order valence-corrected chi connectivity index (χ1v) is 12.3. The van der Waals surface area contributed by atoms with E-state index in [-0.39, 0.29) is 11.5 Å². The Morgan fingerprint density at radius 3 is 2.63 bits per heavy atom. The molecule has 1 saturated heterocycles. The molecule has 2 aliphatic heterocycles. The Balaban J connectivity index is 1.43. The Kier molecular flexibility index (Phi) is 6.48. The van der Waals surface area contributed by atoms with Crippen LogP contribution in [0.3, 0.4) is 0 Å². The molecule has 0 radical (unpaired) electrons. The molecule has 3 nitrogen and oxygen atoms in total. The molecule has 3 heteroatoms. The molecule has 0 amide bonds. The molecule has 4 rings (SSSR count). The summed E-state index contributed by atoms with van der Waals surface area (Å²) in [4.78, 5) is 17.7. The van der Waals surface area contributed by atoms with Gasteiger partial charge >= 0.3 is 0 Å². The lowest BCUT2D eigenvalue weighted by Crippen LogP contribution is -2.26. The zero-order chi connectivity index (χ0) is 21.3. The quantitative estimate of drug-likeness (QED) is 0.546. The molecule has 2 heterocycles. The normalized spacial score (nSPS) is 26.8. The van der Waals surface area contributed by atoms with Crippen molar-refractivity contribution >= 4 is 17.2 Å². The lowest BCUT2D eigenvalue weighted by molar-refractivity contribution is -0.120. The summed E-state index contributed by atoms with van der Waals surface area (Å²) in [5.74, 6) is 2.09. The van der Waals surface area contributed by atoms with Crippen LogP contribution in [-0.2, 0) is 17.6 Å². The van der Waals surface area contributed by atoms with E-state index in [9.17, 15) is 4.79 Å². The third-order valence-electron chi connectivity index (χ3n) is 7.41. The van der Waals surface area contributed by atoms with E-state index in [1.54, 1.807) is 0 Å². The van der Waals surface area contributed by atoms with Gasteiger partial charge in [0.25, 0.3) is 0 Å². The lowest BCUT2D eigenvalue weighted by atomic mass is 9.71. The number of aliphatic imine (C=N–C) groups is 1. The molecule has 0 spiro atoms. The smallest absolute Gasteiger partial charge is 0.151 e. The lowest BCUT2D eigenvalue weighted by Gasteiger charge is -2.35. The fraction of sp³-hybridized carbons (Fsp3) is 0.704. The van der Waals surface area contributed by atoms with E-state index < -0.39 is 0 Å². The van der Waals surface area contributed by atoms with Crippen LogP contribution in [0.2, 0.25) is 0 Å². The molecule has 1 aromatic rings. The topological polar surface area (TPSA) is 51.4 Å². The maximum atomic E-state index is 12.5. The number of Topliss-reactive ketones (excluding diaryl/α,β-unsaturated/α-hetero) is 1. The van der Waals surface area contributed by atoms with Crippen LogP contribution in [0.15, 0.2) is 23.2 Å². The van der Waals surface area contributed by atoms with Crippen LogP contribution in [-0.4, -0.2) is 23.6 Å². The molecule has 1 aliphatic carbocycles. The summed E-state index contributed by atoms with van der Waals surface area (Å²) in [6, 6.07) is 7.32. The number of fused-ring (bicyclic) bond motifs is 1. The molecular weight excluding hydrogens is 368 g/mol. The van der Waals surface area contributed by atoms with E-state index in [2.05, 4.69) is 51.2 Å². The Labute approximate surface area is 183 Å². The van der Waals surface area contributed by atoms with Crippen molar-refractivity contribution in [3.63, 3.8) is 0 Å². The molecule has 1 saturated carbocycles. The van der Waals surface area contributed by atoms with Crippen LogP contribution in [0.25, 0.3) is 0 Å². The fourth-order valence-electron chi connectivity index (χ4n) is 5.30. The summed E-state index contributed by atoms with van der Waals surface area (Å²) in [7, 11) is 0. The third-order valence-corrected chi connectivity index (χ3v) is 7.41. The van der Waals surface area contributed by atoms with Crippen LogP contribution >= 0.6 is 0 Å². The van der Waals surface area contributed by atoms with Crippen molar-refractivity contribution in [1.82, 2.24) is 5.32 Å². The molecule has 3 aliphatic rings. The monoisotopic (exact) mass is 408 g/mol. The minimum Gasteiger partial charge on any atom is -0.301 e. The van der Waals surface area contributed by atoms with Gasteiger partial charge in [-0.05, 0) is 73.0 Å². The van der Waals surface area contributed by atoms with E-state index in [1.165, 1.54) is 54.6 Å². The van der Waals surface area contributed by atoms with Crippen molar-refractivity contribution in [3.05, 3.63) is 29.3 Å². The summed E-state index contributed by atoms with van der Waals surface area (Å²) in [6.45, 7) is 8.67. The summed E-state index contributed by atoms with van der Waals surface area (Å²) in [5.41, 5.74) is 5.51. The van der Waals surface area contributed by atoms with E-state index in [0.29, 0.717) is 18.2 Å². The number of carbonyl (C=O) groups is 1. The molecule has 30 heavy (non-hydrogen) atoms. The van der Waals surface area contributed by atoms with Gasteiger partial charge in [0.2, 0.25) is 0 Å². The van der Waals surface area contributed by atoms with Gasteiger partial charge in [-0.15, -0.1) is 0 Å². The molecule has 1 aromatic carbocycles. The van der Waals surface area contributed by atoms with Gasteiger partial charge in [-0.25, -0.2) is 0 Å². The number of hydrogen-bond acceptors (Lipinski definition) is 3. The number of ketones is 1. The van der Waals surface area contributed by atoms with Gasteiger partial charge in [-0.3, -0.25) is 9.79 Å². The van der Waals surface area contributed by atoms with Crippen molar-refractivity contribution in [2.24, 2.45) is 22.2 Å². The van der Waals surface area contributed by atoms with Crippen LogP contribution < -0.4 is 5.32 Å². The highest BCUT2D eigenvalue weighted by Crippen LogP contribution is 2.40. The zero-order valence-electron chi connectivity index (χ0n) is 19.5. The molecule has 3 atom stereocenters. The predicted molar refractivity (Wildman–Crippen MR) is 126 cm³/mol. The van der Waals surface area contributed by atoms with Gasteiger partial charge in [0, 0.05) is 18.2 Å². The number of carbonyl (C=O) groups excluding carboxylic acids is 1. The number of nitrogens with one attached hydrogen (secondary N) is 1. The first-order chi connectivity index (χ1) is 14.3. The van der Waals surface area contributed by atoms with Crippen molar-refractivity contribution in [2.75, 3.05) is 0 Å². The van der Waals surface area contributed by atoms with Gasteiger partial charge < -0.3 is 5.32 Å². The average molecular weight is 409 g/mol. The second-order valence-electron chi connectivity index (χ2n) is 11.2. The van der Waals surface area contributed by atoms with E-state index >= 15 is 0 Å². The largest absolute Gasteiger partial charge is 0.301 e. The SMILES string of the molecule is CCc1ccc2c(c1)CCC(C1CCC1)CC(CCC1NC1C(=O)CC(C)(C)C)=N2. The second-order valence-corrected chi connectivity index (χ2v) is 11.2. The van der Waals surface area contributed by atoms with Crippen molar-refractivity contribution < 1.29 is 4.79 Å². The Morgan fingerprint density at radius 1 is 1.17 bits per heavy atom. The van der Waals surface area contributed by atoms with Crippen molar-refractivity contribution in [2.45, 2.75) is 104 Å². The van der Waals surface area contributed by atoms with Crippen LogP contribution in [0.5, 0.6) is 0 Å². The van der Waals surface area contributed by atoms with Gasteiger partial charge in [-0.1, -0.05) is 59.1 Å². The maximum Gasteiger partial charge on any atom is 0.151 e. The fourth-order valence-corrected chi connectivity index (χ4v) is 5.30. The highest BCUT2D eigenvalue weighted by atomic mass is 16.1. The Morgan fingerprint density at radius 2 is 1.97 bits per heavy atom. The highest BCUT2D eigenvalue weighted by Gasteiger charge is 2.42. The standard InChI is InChI=1S/C27H40N2O/c1-5-18-9-13-23-21(15-18)11-10-20(19-7-6-8-19)16-22(28-23)12-14-24-26(29-24)25(30)17-27(2,3)4/h9,13,15,19-20,24,26,29H,5-8,10-12,14,16-17H2,1-4H3. The number of rotatable bonds is 7. The van der Waals surface area contributed by atoms with Gasteiger partial charge in [0.05, 0.1) is 11.7 Å². The minimum atomic E-state index is 0.0760. The Hall–Kier alpha value is -1.48. The summed E-state index contributed by atoms with van der Waals surface area (Å²) < 4.78 is 0. The minimum absolute atomic E-state index is 0.0760. The van der Waals surface area contributed by atoms with E-state index in [1.807, 2.05) is 0 Å². The van der Waals surface area contributed by atoms with Gasteiger partial charge in [0.15, 0.2) is 5.78 Å². The first kappa shape index (κ1) is 21.7. The van der Waals surface area contributed by atoms with Crippen molar-refractivity contribution in [3.8, 4) is 0 Å². The highest BCUT2D eigenvalue weighted by molar-refractivity contribution is 5.90. The number of aryl methyl sites for hydroxylation is 2. The maximum absolute atomic E-state index is 12.5. The third kappa shape index (κ3) is 5.41. The average Bonchev–Trinajstić information content (AvgIpc) is 3.40. The van der Waals surface area contributed by atoms with Crippen LogP contribution in [0, 0.1) is 17.3 Å². The molecule has 0 aromatic heterocycles. The van der Waals surface area contributed by atoms with E-state index in [0.717, 1.165) is 37.5 Å². The molecule has 3 unspecified atom stereocenters. The van der Waals surface area contributed by atoms with Crippen LogP contribution in [0.4, 0.5) is 5.69 Å².